The lowest BCUT2D eigenvalue weighted by atomic mass is 9.77. The Hall–Kier alpha value is -2.78. The van der Waals surface area contributed by atoms with Crippen molar-refractivity contribution in [3.63, 3.8) is 0 Å². The summed E-state index contributed by atoms with van der Waals surface area (Å²) in [5.41, 5.74) is -3.69. The van der Waals surface area contributed by atoms with Crippen molar-refractivity contribution in [3.8, 4) is 5.75 Å². The lowest BCUT2D eigenvalue weighted by molar-refractivity contribution is -0.287. The van der Waals surface area contributed by atoms with Crippen LogP contribution >= 0.6 is 11.6 Å². The van der Waals surface area contributed by atoms with Crippen LogP contribution < -0.4 is 15.4 Å². The summed E-state index contributed by atoms with van der Waals surface area (Å²) in [6.45, 7) is 0. The number of rotatable bonds is 4. The second kappa shape index (κ2) is 7.57. The third kappa shape index (κ3) is 3.88. The molecule has 0 radical (unpaired) electrons. The lowest BCUT2D eigenvalue weighted by Gasteiger charge is -2.45. The van der Waals surface area contributed by atoms with Crippen LogP contribution in [0.15, 0.2) is 48.5 Å². The normalized spacial score (nSPS) is 24.4. The van der Waals surface area contributed by atoms with Crippen LogP contribution in [0, 0.1) is 5.92 Å². The highest BCUT2D eigenvalue weighted by Gasteiger charge is 2.66. The first-order valence-electron chi connectivity index (χ1n) is 8.38. The summed E-state index contributed by atoms with van der Waals surface area (Å²) < 4.78 is 46.5. The number of ketones is 1. The average molecular weight is 429 g/mol. The van der Waals surface area contributed by atoms with E-state index in [0.29, 0.717) is 5.75 Å². The topological polar surface area (TPSA) is 87.7 Å². The predicted octanol–water partition coefficient (Wildman–Crippen LogP) is 3.45. The summed E-state index contributed by atoms with van der Waals surface area (Å²) in [4.78, 5) is 25.0. The molecule has 0 bridgehead atoms. The van der Waals surface area contributed by atoms with Gasteiger partial charge in [0.2, 0.25) is 5.72 Å². The van der Waals surface area contributed by atoms with Gasteiger partial charge in [0.05, 0.1) is 13.2 Å². The number of alkyl halides is 3. The summed E-state index contributed by atoms with van der Waals surface area (Å²) in [6, 6.07) is 8.25. The van der Waals surface area contributed by atoms with Gasteiger partial charge in [-0.25, -0.2) is 4.79 Å². The van der Waals surface area contributed by atoms with Crippen molar-refractivity contribution in [2.45, 2.75) is 17.9 Å². The van der Waals surface area contributed by atoms with Crippen molar-refractivity contribution in [1.29, 1.82) is 0 Å². The van der Waals surface area contributed by atoms with E-state index in [9.17, 15) is 27.9 Å². The van der Waals surface area contributed by atoms with Crippen LogP contribution in [0.4, 0.5) is 18.0 Å². The average Bonchev–Trinajstić information content (AvgIpc) is 2.67. The minimum Gasteiger partial charge on any atom is -0.497 e. The number of Topliss-reactive ketones (excluding diaryl/α,β-unsaturated/α-hetero) is 1. The quantitative estimate of drug-likeness (QED) is 0.651. The second-order valence-corrected chi connectivity index (χ2v) is 6.90. The highest BCUT2D eigenvalue weighted by Crippen LogP contribution is 2.44. The van der Waals surface area contributed by atoms with E-state index in [2.05, 4.69) is 5.32 Å². The number of benzene rings is 2. The van der Waals surface area contributed by atoms with Crippen molar-refractivity contribution in [2.24, 2.45) is 5.92 Å². The fourth-order valence-electron chi connectivity index (χ4n) is 3.22. The molecule has 10 heteroatoms. The van der Waals surface area contributed by atoms with Gasteiger partial charge in [-0.1, -0.05) is 23.7 Å². The van der Waals surface area contributed by atoms with Crippen LogP contribution in [0.2, 0.25) is 5.02 Å². The summed E-state index contributed by atoms with van der Waals surface area (Å²) in [5, 5.41) is 14.6. The predicted molar refractivity (Wildman–Crippen MR) is 97.7 cm³/mol. The van der Waals surface area contributed by atoms with Crippen LogP contribution in [0.1, 0.15) is 22.0 Å². The first-order chi connectivity index (χ1) is 13.6. The number of ether oxygens (including phenoxy) is 1. The maximum atomic E-state index is 13.8. The Labute approximate surface area is 168 Å². The van der Waals surface area contributed by atoms with Crippen molar-refractivity contribution < 1.29 is 32.6 Å². The summed E-state index contributed by atoms with van der Waals surface area (Å²) in [5.74, 6) is -2.69. The molecule has 0 spiro atoms. The number of amides is 2. The monoisotopic (exact) mass is 428 g/mol. The first kappa shape index (κ1) is 20.9. The molecule has 1 aliphatic rings. The number of hydrogen-bond acceptors (Lipinski definition) is 4. The largest absolute Gasteiger partial charge is 0.497 e. The minimum atomic E-state index is -5.32. The maximum Gasteiger partial charge on any atom is 0.437 e. The third-order valence-corrected chi connectivity index (χ3v) is 4.94. The second-order valence-electron chi connectivity index (χ2n) is 6.46. The van der Waals surface area contributed by atoms with E-state index in [1.807, 2.05) is 0 Å². The molecule has 2 aromatic rings. The molecular formula is C19H16ClF3N2O4. The Kier molecular flexibility index (Phi) is 5.46. The number of urea groups is 1. The molecule has 1 heterocycles. The Bertz CT molecular complexity index is 919. The molecule has 6 nitrogen and oxygen atoms in total. The number of carbonyl (C=O) groups is 2. The molecular weight excluding hydrogens is 413 g/mol. The Morgan fingerprint density at radius 3 is 2.24 bits per heavy atom. The van der Waals surface area contributed by atoms with Crippen LogP contribution in [0.5, 0.6) is 5.75 Å². The van der Waals surface area contributed by atoms with E-state index >= 15 is 0 Å². The van der Waals surface area contributed by atoms with E-state index in [1.165, 1.54) is 61.0 Å². The van der Waals surface area contributed by atoms with Gasteiger partial charge in [-0.15, -0.1) is 0 Å². The van der Waals surface area contributed by atoms with E-state index in [1.54, 1.807) is 0 Å². The summed E-state index contributed by atoms with van der Waals surface area (Å²) in [7, 11) is 1.41. The maximum absolute atomic E-state index is 13.8. The van der Waals surface area contributed by atoms with Crippen LogP contribution in [0.25, 0.3) is 0 Å². The Morgan fingerprint density at radius 2 is 1.72 bits per heavy atom. The molecule has 0 aliphatic carbocycles. The molecule has 3 rings (SSSR count). The first-order valence-corrected chi connectivity index (χ1v) is 8.76. The number of carbonyl (C=O) groups excluding carboxylic acids is 2. The highest BCUT2D eigenvalue weighted by atomic mass is 35.5. The van der Waals surface area contributed by atoms with Crippen molar-refractivity contribution >= 4 is 23.4 Å². The van der Waals surface area contributed by atoms with E-state index in [-0.39, 0.29) is 16.1 Å². The fraction of sp³-hybridized carbons (Fsp3) is 0.263. The number of halogens is 4. The number of methoxy groups -OCH3 is 1. The summed E-state index contributed by atoms with van der Waals surface area (Å²) in [6.07, 6.45) is -5.32. The Balaban J connectivity index is 2.13. The molecule has 3 atom stereocenters. The molecule has 29 heavy (non-hydrogen) atoms. The summed E-state index contributed by atoms with van der Waals surface area (Å²) >= 11 is 5.78. The molecule has 0 unspecified atom stereocenters. The number of nitrogens with one attached hydrogen (secondary N) is 2. The fourth-order valence-corrected chi connectivity index (χ4v) is 3.35. The standard InChI is InChI=1S/C19H16ClF3N2O4/c1-29-13-8-4-10(5-9-13)15-14(16(26)11-2-6-12(20)7-3-11)18(28,19(21,22)23)25-17(27)24-15/h2-9,14-15,28H,1H3,(H2,24,25,27)/t14-,15+,18-/m0/s1. The zero-order chi connectivity index (χ0) is 21.4. The highest BCUT2D eigenvalue weighted by molar-refractivity contribution is 6.30. The van der Waals surface area contributed by atoms with E-state index in [4.69, 9.17) is 16.3 Å². The van der Waals surface area contributed by atoms with Crippen molar-refractivity contribution in [3.05, 3.63) is 64.7 Å². The van der Waals surface area contributed by atoms with Gasteiger partial charge in [-0.2, -0.15) is 13.2 Å². The number of hydrogen-bond donors (Lipinski definition) is 3. The minimum absolute atomic E-state index is 0.0986. The van der Waals surface area contributed by atoms with E-state index in [0.717, 1.165) is 0 Å². The molecule has 1 fully saturated rings. The lowest BCUT2D eigenvalue weighted by Crippen LogP contribution is -2.72. The number of aliphatic hydroxyl groups is 1. The van der Waals surface area contributed by atoms with Gasteiger partial charge in [0.25, 0.3) is 0 Å². The van der Waals surface area contributed by atoms with Crippen molar-refractivity contribution in [1.82, 2.24) is 10.6 Å². The molecule has 0 saturated carbocycles. The van der Waals surface area contributed by atoms with Gasteiger partial charge < -0.3 is 20.5 Å². The van der Waals surface area contributed by atoms with Gasteiger partial charge in [-0.3, -0.25) is 4.79 Å². The van der Waals surface area contributed by atoms with Gasteiger partial charge in [0, 0.05) is 10.6 Å². The van der Waals surface area contributed by atoms with Gasteiger partial charge in [-0.05, 0) is 42.0 Å². The van der Waals surface area contributed by atoms with Crippen molar-refractivity contribution in [2.75, 3.05) is 7.11 Å². The molecule has 2 aromatic carbocycles. The Morgan fingerprint density at radius 1 is 1.14 bits per heavy atom. The van der Waals surface area contributed by atoms with Crippen LogP contribution in [-0.2, 0) is 0 Å². The SMILES string of the molecule is COc1ccc([C@H]2NC(=O)N[C@@](O)(C(F)(F)F)[C@@H]2C(=O)c2ccc(Cl)cc2)cc1. The van der Waals surface area contributed by atoms with Crippen LogP contribution in [-0.4, -0.2) is 35.9 Å². The van der Waals surface area contributed by atoms with Gasteiger partial charge in [0.1, 0.15) is 11.7 Å². The molecule has 1 saturated heterocycles. The zero-order valence-corrected chi connectivity index (χ0v) is 15.7. The molecule has 0 aromatic heterocycles. The van der Waals surface area contributed by atoms with Gasteiger partial charge in [0.15, 0.2) is 5.78 Å². The van der Waals surface area contributed by atoms with Gasteiger partial charge >= 0.3 is 12.2 Å². The smallest absolute Gasteiger partial charge is 0.437 e. The van der Waals surface area contributed by atoms with E-state index < -0.39 is 35.7 Å². The molecule has 3 N–H and O–H groups in total. The molecule has 1 aliphatic heterocycles. The molecule has 2 amide bonds. The third-order valence-electron chi connectivity index (χ3n) is 4.69. The molecule has 154 valence electrons. The zero-order valence-electron chi connectivity index (χ0n) is 15.0. The van der Waals surface area contributed by atoms with Crippen LogP contribution in [0.3, 0.4) is 0 Å².